The molecular formula is C22H23FN4O2S. The molecule has 0 bridgehead atoms. The van der Waals surface area contributed by atoms with Crippen molar-refractivity contribution in [3.05, 3.63) is 65.4 Å². The summed E-state index contributed by atoms with van der Waals surface area (Å²) in [5.41, 5.74) is 2.76. The van der Waals surface area contributed by atoms with Crippen LogP contribution in [0.2, 0.25) is 0 Å². The average molecular weight is 427 g/mol. The number of aromatic nitrogens is 1. The third kappa shape index (κ3) is 5.13. The fourth-order valence-corrected chi connectivity index (χ4v) is 3.51. The highest BCUT2D eigenvalue weighted by Gasteiger charge is 2.25. The summed E-state index contributed by atoms with van der Waals surface area (Å²) in [5, 5.41) is 9.21. The second kappa shape index (κ2) is 9.21. The lowest BCUT2D eigenvalue weighted by molar-refractivity contribution is -0.117. The molecule has 6 nitrogen and oxygen atoms in total. The lowest BCUT2D eigenvalue weighted by Gasteiger charge is -2.23. The Morgan fingerprint density at radius 2 is 2.07 bits per heavy atom. The zero-order valence-corrected chi connectivity index (χ0v) is 17.2. The molecule has 0 atom stereocenters. The van der Waals surface area contributed by atoms with Gasteiger partial charge in [0.25, 0.3) is 5.91 Å². The summed E-state index contributed by atoms with van der Waals surface area (Å²) in [6.45, 7) is 1.74. The van der Waals surface area contributed by atoms with Crippen LogP contribution < -0.4 is 20.7 Å². The fourth-order valence-electron chi connectivity index (χ4n) is 3.17. The first-order valence-corrected chi connectivity index (χ1v) is 10.4. The number of hydrogen-bond donors (Lipinski definition) is 3. The fraction of sp³-hybridized carbons (Fsp3) is 0.318. The lowest BCUT2D eigenvalue weighted by atomic mass is 10.1. The Balaban J connectivity index is 1.48. The minimum Gasteiger partial charge on any atom is -0.491 e. The quantitative estimate of drug-likeness (QED) is 0.563. The van der Waals surface area contributed by atoms with Gasteiger partial charge in [-0.25, -0.2) is 4.39 Å². The van der Waals surface area contributed by atoms with E-state index in [4.69, 9.17) is 17.0 Å². The maximum atomic E-state index is 13.1. The van der Waals surface area contributed by atoms with E-state index in [0.29, 0.717) is 48.3 Å². The largest absolute Gasteiger partial charge is 0.491 e. The number of benzene rings is 1. The van der Waals surface area contributed by atoms with E-state index in [1.54, 1.807) is 24.5 Å². The molecule has 2 heterocycles. The van der Waals surface area contributed by atoms with Crippen LogP contribution >= 0.6 is 12.2 Å². The molecule has 0 spiro atoms. The van der Waals surface area contributed by atoms with E-state index in [0.717, 1.165) is 17.0 Å². The first-order chi connectivity index (χ1) is 14.6. The first kappa shape index (κ1) is 20.3. The van der Waals surface area contributed by atoms with Gasteiger partial charge < -0.3 is 20.7 Å². The number of pyridine rings is 1. The Morgan fingerprint density at radius 1 is 1.27 bits per heavy atom. The summed E-state index contributed by atoms with van der Waals surface area (Å²) < 4.78 is 19.1. The zero-order valence-electron chi connectivity index (χ0n) is 16.4. The van der Waals surface area contributed by atoms with E-state index in [-0.39, 0.29) is 11.7 Å². The Labute approximate surface area is 179 Å². The van der Waals surface area contributed by atoms with Crippen LogP contribution in [0.4, 0.5) is 10.1 Å². The van der Waals surface area contributed by atoms with Crippen LogP contribution in [0.1, 0.15) is 24.8 Å². The maximum Gasteiger partial charge on any atom is 0.256 e. The van der Waals surface area contributed by atoms with Crippen molar-refractivity contribution in [1.29, 1.82) is 0 Å². The van der Waals surface area contributed by atoms with E-state index in [9.17, 15) is 9.18 Å². The number of nitrogens with one attached hydrogen (secondary N) is 3. The van der Waals surface area contributed by atoms with Gasteiger partial charge in [-0.3, -0.25) is 9.78 Å². The molecule has 1 aromatic carbocycles. The summed E-state index contributed by atoms with van der Waals surface area (Å²) in [6.07, 6.45) is 6.53. The van der Waals surface area contributed by atoms with E-state index < -0.39 is 0 Å². The molecule has 2 aliphatic rings. The number of thiocarbonyl (C=S) groups is 1. The van der Waals surface area contributed by atoms with Crippen molar-refractivity contribution in [2.45, 2.75) is 25.8 Å². The monoisotopic (exact) mass is 426 g/mol. The number of ether oxygens (including phenoxy) is 1. The van der Waals surface area contributed by atoms with E-state index in [2.05, 4.69) is 20.9 Å². The van der Waals surface area contributed by atoms with Crippen molar-refractivity contribution in [3.63, 3.8) is 0 Å². The van der Waals surface area contributed by atoms with Gasteiger partial charge in [0.15, 0.2) is 0 Å². The molecule has 0 radical (unpaired) electrons. The molecule has 1 fully saturated rings. The molecule has 30 heavy (non-hydrogen) atoms. The van der Waals surface area contributed by atoms with Crippen molar-refractivity contribution >= 4 is 28.8 Å². The average Bonchev–Trinajstić information content (AvgIpc) is 3.57. The number of nitrogens with zero attached hydrogens (tertiary/aromatic N) is 1. The molecule has 4 rings (SSSR count). The normalized spacial score (nSPS) is 16.1. The Hall–Kier alpha value is -3.00. The molecule has 0 saturated heterocycles. The topological polar surface area (TPSA) is 75.3 Å². The molecule has 1 saturated carbocycles. The number of amides is 1. The predicted molar refractivity (Wildman–Crippen MR) is 117 cm³/mol. The Kier molecular flexibility index (Phi) is 6.23. The number of anilines is 1. The van der Waals surface area contributed by atoms with Crippen molar-refractivity contribution in [2.75, 3.05) is 18.5 Å². The third-order valence-electron chi connectivity index (χ3n) is 5.05. The van der Waals surface area contributed by atoms with E-state index >= 15 is 0 Å². The molecule has 0 unspecified atom stereocenters. The highest BCUT2D eigenvalue weighted by Crippen LogP contribution is 2.30. The van der Waals surface area contributed by atoms with Crippen LogP contribution in [-0.2, 0) is 11.3 Å². The Bertz CT molecular complexity index is 973. The first-order valence-electron chi connectivity index (χ1n) is 9.98. The van der Waals surface area contributed by atoms with Crippen LogP contribution in [0.3, 0.4) is 0 Å². The molecule has 1 amide bonds. The number of halogens is 1. The second-order valence-electron chi connectivity index (χ2n) is 7.41. The molecule has 1 aromatic heterocycles. The van der Waals surface area contributed by atoms with Gasteiger partial charge in [-0.05, 0) is 49.1 Å². The zero-order chi connectivity index (χ0) is 20.9. The summed E-state index contributed by atoms with van der Waals surface area (Å²) in [4.78, 5) is 17.0. The highest BCUT2D eigenvalue weighted by atomic mass is 32.1. The number of carbonyl (C=O) groups is 1. The van der Waals surface area contributed by atoms with Gasteiger partial charge in [0.2, 0.25) is 0 Å². The van der Waals surface area contributed by atoms with Gasteiger partial charge in [-0.1, -0.05) is 12.2 Å². The molecule has 1 aliphatic carbocycles. The van der Waals surface area contributed by atoms with Crippen LogP contribution in [0.5, 0.6) is 5.75 Å². The molecule has 156 valence electrons. The minimum absolute atomic E-state index is 0.233. The van der Waals surface area contributed by atoms with E-state index in [1.807, 2.05) is 6.07 Å². The minimum atomic E-state index is -0.333. The van der Waals surface area contributed by atoms with Gasteiger partial charge in [0.1, 0.15) is 16.6 Å². The van der Waals surface area contributed by atoms with Gasteiger partial charge in [-0.2, -0.15) is 0 Å². The standard InChI is InChI=1S/C22H23FN4O2S/c23-16-3-5-17(6-4-16)27-22(30)20-18(8-10-25-21(20)28)26-11-15-7-9-24-12-19(15)29-13-14-1-2-14/h3-7,9,12,14,26H,1-2,8,10-11,13H2,(H,25,28)(H,27,30). The maximum absolute atomic E-state index is 13.1. The molecule has 2 aromatic rings. The molecule has 8 heteroatoms. The summed E-state index contributed by atoms with van der Waals surface area (Å²) in [5.74, 6) is 0.840. The van der Waals surface area contributed by atoms with Crippen LogP contribution in [0, 0.1) is 11.7 Å². The van der Waals surface area contributed by atoms with Crippen LogP contribution in [-0.4, -0.2) is 29.0 Å². The summed E-state index contributed by atoms with van der Waals surface area (Å²) in [6, 6.07) is 7.75. The second-order valence-corrected chi connectivity index (χ2v) is 7.82. The van der Waals surface area contributed by atoms with Gasteiger partial charge in [-0.15, -0.1) is 0 Å². The van der Waals surface area contributed by atoms with Crippen molar-refractivity contribution < 1.29 is 13.9 Å². The predicted octanol–water partition coefficient (Wildman–Crippen LogP) is 3.31. The van der Waals surface area contributed by atoms with Crippen molar-refractivity contribution in [2.24, 2.45) is 5.92 Å². The summed E-state index contributed by atoms with van der Waals surface area (Å²) >= 11 is 5.48. The van der Waals surface area contributed by atoms with Gasteiger partial charge >= 0.3 is 0 Å². The van der Waals surface area contributed by atoms with Gasteiger partial charge in [0.05, 0.1) is 18.4 Å². The number of carbonyl (C=O) groups excluding carboxylic acids is 1. The Morgan fingerprint density at radius 3 is 2.83 bits per heavy atom. The van der Waals surface area contributed by atoms with Crippen molar-refractivity contribution in [3.8, 4) is 5.75 Å². The summed E-state index contributed by atoms with van der Waals surface area (Å²) in [7, 11) is 0. The van der Waals surface area contributed by atoms with Crippen molar-refractivity contribution in [1.82, 2.24) is 15.6 Å². The third-order valence-corrected chi connectivity index (χ3v) is 5.36. The van der Waals surface area contributed by atoms with E-state index in [1.165, 1.54) is 25.0 Å². The molecular weight excluding hydrogens is 403 g/mol. The molecule has 1 aliphatic heterocycles. The highest BCUT2D eigenvalue weighted by molar-refractivity contribution is 7.81. The smallest absolute Gasteiger partial charge is 0.256 e. The number of hydrogen-bond acceptors (Lipinski definition) is 5. The number of rotatable bonds is 8. The van der Waals surface area contributed by atoms with Gasteiger partial charge in [0, 0.05) is 42.7 Å². The van der Waals surface area contributed by atoms with Crippen LogP contribution in [0.15, 0.2) is 54.0 Å². The molecule has 3 N–H and O–H groups in total. The van der Waals surface area contributed by atoms with Crippen LogP contribution in [0.25, 0.3) is 0 Å². The lowest BCUT2D eigenvalue weighted by Crippen LogP contribution is -2.39. The SMILES string of the molecule is O=C1NCCC(NCc2ccncc2OCC2CC2)=C1C(=S)Nc1ccc(F)cc1.